The van der Waals surface area contributed by atoms with Crippen molar-refractivity contribution >= 4 is 32.6 Å². The van der Waals surface area contributed by atoms with Gasteiger partial charge in [0.05, 0.1) is 0 Å². The molecule has 0 saturated carbocycles. The summed E-state index contributed by atoms with van der Waals surface area (Å²) in [4.78, 5) is 4.77. The number of fused-ring (bicyclic) bond motifs is 6. The van der Waals surface area contributed by atoms with Crippen LogP contribution < -0.4 is 0 Å². The van der Waals surface area contributed by atoms with Crippen molar-refractivity contribution in [2.45, 2.75) is 19.3 Å². The molecule has 9 aromatic rings. The SMILES string of the molecule is CC1(C)c2ccccc2-c2cc3c(-c4ccc(-c5nc6ccccc6o5)cc4)c4ccccc4c(-c4ccccc4-c4ccccc4)c3cc21. The molecule has 0 spiro atoms. The van der Waals surface area contributed by atoms with Crippen LogP contribution in [0.4, 0.5) is 0 Å². The predicted molar refractivity (Wildman–Crippen MR) is 208 cm³/mol. The number of nitrogens with zero attached hydrogens (tertiary/aromatic N) is 1. The standard InChI is InChI=1S/C48H33NO/c1-48(2)41-21-11-10-17-34(41)38-28-39-40(29-42(38)48)46(35-18-7-6-16-33(35)30-14-4-3-5-15-30)37-20-9-8-19-36(37)45(39)31-24-26-32(27-25-31)47-49-43-22-12-13-23-44(43)50-47/h3-29H,1-2H3. The molecule has 10 rings (SSSR count). The smallest absolute Gasteiger partial charge is 0.227 e. The van der Waals surface area contributed by atoms with Crippen molar-refractivity contribution in [2.24, 2.45) is 0 Å². The lowest BCUT2D eigenvalue weighted by molar-refractivity contribution is 0.620. The lowest BCUT2D eigenvalue weighted by Gasteiger charge is -2.24. The molecule has 0 N–H and O–H groups in total. The molecule has 0 unspecified atom stereocenters. The summed E-state index contributed by atoms with van der Waals surface area (Å²) in [6.07, 6.45) is 0. The van der Waals surface area contributed by atoms with Gasteiger partial charge in [-0.2, -0.15) is 0 Å². The van der Waals surface area contributed by atoms with Gasteiger partial charge in [0.1, 0.15) is 5.52 Å². The number of rotatable bonds is 4. The van der Waals surface area contributed by atoms with E-state index in [0.29, 0.717) is 5.89 Å². The van der Waals surface area contributed by atoms with Gasteiger partial charge in [-0.3, -0.25) is 0 Å². The summed E-state index contributed by atoms with van der Waals surface area (Å²) in [5.41, 5.74) is 15.3. The van der Waals surface area contributed by atoms with Gasteiger partial charge in [0.25, 0.3) is 0 Å². The maximum absolute atomic E-state index is 6.14. The lowest BCUT2D eigenvalue weighted by Crippen LogP contribution is -2.14. The van der Waals surface area contributed by atoms with E-state index in [1.807, 2.05) is 24.3 Å². The maximum atomic E-state index is 6.14. The Hall–Kier alpha value is -6.25. The molecule has 1 aromatic heterocycles. The first-order valence-corrected chi connectivity index (χ1v) is 17.3. The van der Waals surface area contributed by atoms with E-state index in [1.54, 1.807) is 0 Å². The minimum atomic E-state index is -0.122. The van der Waals surface area contributed by atoms with E-state index in [1.165, 1.54) is 77.2 Å². The zero-order valence-electron chi connectivity index (χ0n) is 27.9. The van der Waals surface area contributed by atoms with Gasteiger partial charge in [-0.1, -0.05) is 141 Å². The number of oxazole rings is 1. The Balaban J connectivity index is 1.29. The molecule has 0 radical (unpaired) electrons. The summed E-state index contributed by atoms with van der Waals surface area (Å²) in [5, 5.41) is 5.00. The van der Waals surface area contributed by atoms with E-state index < -0.39 is 0 Å². The summed E-state index contributed by atoms with van der Waals surface area (Å²) >= 11 is 0. The van der Waals surface area contributed by atoms with Gasteiger partial charge in [0.2, 0.25) is 5.89 Å². The minimum absolute atomic E-state index is 0.122. The molecule has 0 amide bonds. The Morgan fingerprint density at radius 1 is 0.420 bits per heavy atom. The van der Waals surface area contributed by atoms with Crippen LogP contribution in [0.15, 0.2) is 168 Å². The highest BCUT2D eigenvalue weighted by Crippen LogP contribution is 2.53. The lowest BCUT2D eigenvalue weighted by atomic mass is 9.79. The molecular formula is C48H33NO. The van der Waals surface area contributed by atoms with Crippen LogP contribution in [-0.4, -0.2) is 4.98 Å². The van der Waals surface area contributed by atoms with Crippen molar-refractivity contribution < 1.29 is 4.42 Å². The number of para-hydroxylation sites is 2. The molecule has 236 valence electrons. The van der Waals surface area contributed by atoms with Gasteiger partial charge in [-0.25, -0.2) is 4.98 Å². The summed E-state index contributed by atoms with van der Waals surface area (Å²) in [7, 11) is 0. The summed E-state index contributed by atoms with van der Waals surface area (Å²) in [6, 6.07) is 59.2. The number of hydrogen-bond acceptors (Lipinski definition) is 2. The third-order valence-corrected chi connectivity index (χ3v) is 10.7. The average Bonchev–Trinajstić information content (AvgIpc) is 3.70. The predicted octanol–water partition coefficient (Wildman–Crippen LogP) is 13.1. The van der Waals surface area contributed by atoms with Crippen LogP contribution in [0.2, 0.25) is 0 Å². The zero-order chi connectivity index (χ0) is 33.4. The molecule has 2 heteroatoms. The van der Waals surface area contributed by atoms with Crippen LogP contribution in [0.25, 0.3) is 88.6 Å². The van der Waals surface area contributed by atoms with Gasteiger partial charge in [-0.15, -0.1) is 0 Å². The van der Waals surface area contributed by atoms with Crippen molar-refractivity contribution in [3.63, 3.8) is 0 Å². The molecule has 50 heavy (non-hydrogen) atoms. The number of benzene rings is 8. The Labute approximate surface area is 291 Å². The van der Waals surface area contributed by atoms with Crippen molar-refractivity contribution in [2.75, 3.05) is 0 Å². The molecule has 0 aliphatic heterocycles. The van der Waals surface area contributed by atoms with Crippen LogP contribution in [0.1, 0.15) is 25.0 Å². The van der Waals surface area contributed by atoms with Crippen LogP contribution in [0.5, 0.6) is 0 Å². The first-order valence-electron chi connectivity index (χ1n) is 17.3. The first kappa shape index (κ1) is 28.7. The van der Waals surface area contributed by atoms with Gasteiger partial charge >= 0.3 is 0 Å². The summed E-state index contributed by atoms with van der Waals surface area (Å²) in [5.74, 6) is 0.636. The topological polar surface area (TPSA) is 26.0 Å². The molecule has 2 nitrogen and oxygen atoms in total. The molecule has 0 fully saturated rings. The zero-order valence-corrected chi connectivity index (χ0v) is 27.9. The minimum Gasteiger partial charge on any atom is -0.436 e. The van der Waals surface area contributed by atoms with E-state index in [-0.39, 0.29) is 5.41 Å². The summed E-state index contributed by atoms with van der Waals surface area (Å²) in [6.45, 7) is 4.74. The third kappa shape index (κ3) is 4.25. The molecule has 1 aliphatic carbocycles. The van der Waals surface area contributed by atoms with Crippen LogP contribution in [-0.2, 0) is 5.41 Å². The molecule has 0 bridgehead atoms. The van der Waals surface area contributed by atoms with Crippen molar-refractivity contribution in [3.8, 4) is 56.0 Å². The van der Waals surface area contributed by atoms with Crippen LogP contribution in [0.3, 0.4) is 0 Å². The fourth-order valence-corrected chi connectivity index (χ4v) is 8.32. The Morgan fingerprint density at radius 3 is 1.80 bits per heavy atom. The normalized spacial score (nSPS) is 13.2. The third-order valence-electron chi connectivity index (χ3n) is 10.7. The molecule has 0 atom stereocenters. The van der Waals surface area contributed by atoms with Crippen LogP contribution in [0, 0.1) is 0 Å². The number of aromatic nitrogens is 1. The highest BCUT2D eigenvalue weighted by atomic mass is 16.3. The van der Waals surface area contributed by atoms with E-state index in [0.717, 1.165) is 16.7 Å². The van der Waals surface area contributed by atoms with Crippen molar-refractivity contribution in [1.29, 1.82) is 0 Å². The largest absolute Gasteiger partial charge is 0.436 e. The highest BCUT2D eigenvalue weighted by Gasteiger charge is 2.36. The van der Waals surface area contributed by atoms with Crippen molar-refractivity contribution in [1.82, 2.24) is 4.98 Å². The molecule has 1 heterocycles. The van der Waals surface area contributed by atoms with E-state index in [9.17, 15) is 0 Å². The van der Waals surface area contributed by atoms with E-state index in [4.69, 9.17) is 9.40 Å². The second-order valence-electron chi connectivity index (χ2n) is 13.9. The fraction of sp³-hybridized carbons (Fsp3) is 0.0625. The Morgan fingerprint density at radius 2 is 1.02 bits per heavy atom. The van der Waals surface area contributed by atoms with Gasteiger partial charge in [-0.05, 0) is 114 Å². The first-order chi connectivity index (χ1) is 24.6. The second kappa shape index (κ2) is 10.9. The number of hydrogen-bond donors (Lipinski definition) is 0. The quantitative estimate of drug-likeness (QED) is 0.179. The maximum Gasteiger partial charge on any atom is 0.227 e. The van der Waals surface area contributed by atoms with Crippen LogP contribution >= 0.6 is 0 Å². The highest BCUT2D eigenvalue weighted by molar-refractivity contribution is 6.23. The van der Waals surface area contributed by atoms with E-state index in [2.05, 4.69) is 153 Å². The van der Waals surface area contributed by atoms with Gasteiger partial charge in [0.15, 0.2) is 5.58 Å². The Bertz CT molecular complexity index is 2740. The molecule has 1 aliphatic rings. The summed E-state index contributed by atoms with van der Waals surface area (Å²) < 4.78 is 6.14. The molecule has 0 saturated heterocycles. The molecule has 8 aromatic carbocycles. The van der Waals surface area contributed by atoms with Gasteiger partial charge < -0.3 is 4.42 Å². The average molecular weight is 640 g/mol. The fourth-order valence-electron chi connectivity index (χ4n) is 8.32. The van der Waals surface area contributed by atoms with Gasteiger partial charge in [0, 0.05) is 11.0 Å². The Kier molecular flexibility index (Phi) is 6.25. The van der Waals surface area contributed by atoms with Crippen molar-refractivity contribution in [3.05, 3.63) is 175 Å². The monoisotopic (exact) mass is 639 g/mol. The molecular weight excluding hydrogens is 607 g/mol. The second-order valence-corrected chi connectivity index (χ2v) is 13.9. The van der Waals surface area contributed by atoms with E-state index >= 15 is 0 Å².